The summed E-state index contributed by atoms with van der Waals surface area (Å²) in [6.07, 6.45) is 14.3. The maximum Gasteiger partial charge on any atom is 0.274 e. The van der Waals surface area contributed by atoms with Crippen LogP contribution in [0.25, 0.3) is 6.08 Å². The molecule has 3 saturated heterocycles. The van der Waals surface area contributed by atoms with Gasteiger partial charge in [0, 0.05) is 82.7 Å². The third-order valence-electron chi connectivity index (χ3n) is 11.6. The highest BCUT2D eigenvalue weighted by molar-refractivity contribution is 6.24. The number of unbranched alkanes of at least 4 members (excludes halogenated alkanes) is 3. The van der Waals surface area contributed by atoms with Crippen molar-refractivity contribution in [1.82, 2.24) is 40.5 Å². The van der Waals surface area contributed by atoms with Crippen molar-refractivity contribution in [3.63, 3.8) is 0 Å². The van der Waals surface area contributed by atoms with Crippen LogP contribution < -0.4 is 15.5 Å². The van der Waals surface area contributed by atoms with Crippen molar-refractivity contribution in [1.29, 1.82) is 0 Å². The van der Waals surface area contributed by atoms with Crippen molar-refractivity contribution in [3.8, 4) is 11.8 Å². The Morgan fingerprint density at radius 3 is 2.45 bits per heavy atom. The van der Waals surface area contributed by atoms with E-state index in [1.54, 1.807) is 42.7 Å². The zero-order valence-corrected chi connectivity index (χ0v) is 33.8. The lowest BCUT2D eigenvalue weighted by molar-refractivity contribution is -0.136. The van der Waals surface area contributed by atoms with Crippen LogP contribution in [-0.4, -0.2) is 124 Å². The molecule has 4 aliphatic heterocycles. The minimum atomic E-state index is -1.01. The number of rotatable bonds is 14. The van der Waals surface area contributed by atoms with Crippen LogP contribution in [0.2, 0.25) is 0 Å². The summed E-state index contributed by atoms with van der Waals surface area (Å²) in [5, 5.41) is 13.9. The highest BCUT2D eigenvalue weighted by Crippen LogP contribution is 2.30. The molecule has 60 heavy (non-hydrogen) atoms. The fraction of sp³-hybridized carbons (Fsp3) is 0.444. The predicted molar refractivity (Wildman–Crippen MR) is 223 cm³/mol. The predicted octanol–water partition coefficient (Wildman–Crippen LogP) is 3.47. The summed E-state index contributed by atoms with van der Waals surface area (Å²) in [4.78, 5) is 87.2. The molecule has 0 saturated carbocycles. The van der Waals surface area contributed by atoms with Crippen LogP contribution in [0.5, 0.6) is 0 Å². The summed E-state index contributed by atoms with van der Waals surface area (Å²) < 4.78 is 0. The summed E-state index contributed by atoms with van der Waals surface area (Å²) in [7, 11) is 0. The zero-order chi connectivity index (χ0) is 41.8. The van der Waals surface area contributed by atoms with Gasteiger partial charge in [0.1, 0.15) is 6.04 Å². The van der Waals surface area contributed by atoms with E-state index in [1.807, 2.05) is 23.1 Å². The fourth-order valence-electron chi connectivity index (χ4n) is 8.20. The molecule has 15 heteroatoms. The average molecular weight is 814 g/mol. The number of nitrogens with one attached hydrogen (secondary N) is 2. The number of hydrogen-bond acceptors (Lipinski definition) is 11. The number of aromatic nitrogens is 3. The first-order valence-corrected chi connectivity index (χ1v) is 21.0. The largest absolute Gasteiger partial charge is 0.353 e. The molecule has 7 rings (SSSR count). The molecule has 1 aromatic carbocycles. The Hall–Kier alpha value is -6.27. The number of piperidine rings is 2. The molecular weight excluding hydrogens is 763 g/mol. The number of fused-ring (bicyclic) bond motifs is 1. The molecule has 15 nitrogen and oxygen atoms in total. The maximum absolute atomic E-state index is 13.3. The maximum atomic E-state index is 13.3. The molecule has 1 unspecified atom stereocenters. The Bertz CT molecular complexity index is 2150. The monoisotopic (exact) mass is 813 g/mol. The number of carbonyl (C=O) groups is 6. The van der Waals surface area contributed by atoms with E-state index in [9.17, 15) is 28.8 Å². The summed E-state index contributed by atoms with van der Waals surface area (Å²) in [6, 6.07) is 11.4. The first kappa shape index (κ1) is 41.9. The number of carbonyl (C=O) groups excluding carboxylic acids is 6. The fourth-order valence-corrected chi connectivity index (χ4v) is 8.20. The Kier molecular flexibility index (Phi) is 14.0. The van der Waals surface area contributed by atoms with Gasteiger partial charge in [-0.15, -0.1) is 10.2 Å². The third kappa shape index (κ3) is 10.5. The van der Waals surface area contributed by atoms with Gasteiger partial charge in [-0.25, -0.2) is 0 Å². The van der Waals surface area contributed by atoms with Gasteiger partial charge in [0.2, 0.25) is 17.7 Å². The number of imide groups is 2. The molecule has 0 spiro atoms. The number of benzene rings is 1. The Morgan fingerprint density at radius 2 is 1.70 bits per heavy atom. The van der Waals surface area contributed by atoms with E-state index in [0.29, 0.717) is 43.2 Å². The number of hydrogen-bond donors (Lipinski definition) is 2. The SMILES string of the molecule is O=C(/C=C/c1cccnc1)NCCCCC1CCN(C(=O)c2ccc(N3CCN(CCCCC#Cc4cccc5c4C(=O)N(C4CCC(=O)NC4=O)C5=O)CC3)nn2)CC1. The number of anilines is 1. The Labute approximate surface area is 350 Å². The second kappa shape index (κ2) is 20.1. The summed E-state index contributed by atoms with van der Waals surface area (Å²) in [5.41, 5.74) is 2.18. The number of piperazine rings is 1. The quantitative estimate of drug-likeness (QED) is 0.105. The topological polar surface area (TPSA) is 178 Å². The molecule has 6 heterocycles. The number of likely N-dealkylation sites (tertiary alicyclic amines) is 1. The van der Waals surface area contributed by atoms with Gasteiger partial charge >= 0.3 is 0 Å². The van der Waals surface area contributed by atoms with Crippen molar-refractivity contribution in [2.75, 3.05) is 57.3 Å². The van der Waals surface area contributed by atoms with Crippen LogP contribution in [0.15, 0.2) is 60.9 Å². The molecule has 2 N–H and O–H groups in total. The van der Waals surface area contributed by atoms with E-state index in [0.717, 1.165) is 94.0 Å². The minimum absolute atomic E-state index is 0.0706. The van der Waals surface area contributed by atoms with Gasteiger partial charge in [-0.3, -0.25) is 48.9 Å². The van der Waals surface area contributed by atoms with E-state index in [-0.39, 0.29) is 35.8 Å². The number of amides is 6. The minimum Gasteiger partial charge on any atom is -0.353 e. The van der Waals surface area contributed by atoms with Crippen LogP contribution >= 0.6 is 0 Å². The molecule has 1 atom stereocenters. The van der Waals surface area contributed by atoms with Crippen LogP contribution in [0.4, 0.5) is 5.82 Å². The van der Waals surface area contributed by atoms with Gasteiger partial charge in [-0.05, 0) is 93.0 Å². The summed E-state index contributed by atoms with van der Waals surface area (Å²) in [5.74, 6) is 5.27. The van der Waals surface area contributed by atoms with E-state index < -0.39 is 29.7 Å². The molecule has 3 aromatic rings. The Balaban J connectivity index is 0.763. The molecule has 0 aliphatic carbocycles. The highest BCUT2D eigenvalue weighted by Gasteiger charge is 2.45. The third-order valence-corrected chi connectivity index (χ3v) is 11.6. The number of pyridine rings is 1. The lowest BCUT2D eigenvalue weighted by atomic mass is 9.91. The first-order chi connectivity index (χ1) is 29.2. The molecule has 3 fully saturated rings. The average Bonchev–Trinajstić information content (AvgIpc) is 3.53. The van der Waals surface area contributed by atoms with Gasteiger partial charge in [-0.1, -0.05) is 36.8 Å². The van der Waals surface area contributed by atoms with E-state index in [4.69, 9.17) is 0 Å². The van der Waals surface area contributed by atoms with E-state index >= 15 is 0 Å². The van der Waals surface area contributed by atoms with Crippen molar-refractivity contribution in [2.24, 2.45) is 5.92 Å². The van der Waals surface area contributed by atoms with Crippen LogP contribution in [0.3, 0.4) is 0 Å². The molecular formula is C45H51N9O6. The van der Waals surface area contributed by atoms with Crippen LogP contribution in [-0.2, 0) is 14.4 Å². The van der Waals surface area contributed by atoms with Gasteiger partial charge in [0.25, 0.3) is 17.7 Å². The molecule has 2 aromatic heterocycles. The van der Waals surface area contributed by atoms with Crippen LogP contribution in [0.1, 0.15) is 107 Å². The van der Waals surface area contributed by atoms with Crippen molar-refractivity contribution in [3.05, 3.63) is 88.9 Å². The molecule has 0 bridgehead atoms. The Morgan fingerprint density at radius 1 is 0.867 bits per heavy atom. The molecule has 4 aliphatic rings. The van der Waals surface area contributed by atoms with Gasteiger partial charge in [-0.2, -0.15) is 0 Å². The van der Waals surface area contributed by atoms with Gasteiger partial charge < -0.3 is 15.1 Å². The zero-order valence-electron chi connectivity index (χ0n) is 33.8. The van der Waals surface area contributed by atoms with Gasteiger partial charge in [0.05, 0.1) is 11.1 Å². The summed E-state index contributed by atoms with van der Waals surface area (Å²) >= 11 is 0. The van der Waals surface area contributed by atoms with Crippen molar-refractivity contribution < 1.29 is 28.8 Å². The second-order valence-corrected chi connectivity index (χ2v) is 15.7. The lowest BCUT2D eigenvalue weighted by Crippen LogP contribution is -2.54. The number of nitrogens with zero attached hydrogens (tertiary/aromatic N) is 7. The van der Waals surface area contributed by atoms with E-state index in [1.165, 1.54) is 6.08 Å². The lowest BCUT2D eigenvalue weighted by Gasteiger charge is -2.35. The normalized spacial score (nSPS) is 18.7. The summed E-state index contributed by atoms with van der Waals surface area (Å²) in [6.45, 7) is 6.40. The van der Waals surface area contributed by atoms with Gasteiger partial charge in [0.15, 0.2) is 11.5 Å². The standard InChI is InChI=1S/C45H51N9O6/c55-39(18-14-33-10-8-22-46-31-33)47-23-5-4-9-32-20-25-53(26-21-32)44(59)36-15-17-38(50-49-36)52-29-27-51(28-30-52)24-6-2-1-3-11-34-12-7-13-35-41(34)45(60)54(43(35)58)37-16-19-40(56)48-42(37)57/h7-8,10,12-15,17-18,22,31-32,37H,1-2,4-6,9,16,19-21,23-30H2,(H,47,55)(H,48,56,57)/b18-14+. The molecule has 6 amide bonds. The highest BCUT2D eigenvalue weighted by atomic mass is 16.2. The van der Waals surface area contributed by atoms with Crippen molar-refractivity contribution >= 4 is 47.3 Å². The molecule has 0 radical (unpaired) electrons. The second-order valence-electron chi connectivity index (χ2n) is 15.7. The van der Waals surface area contributed by atoms with Crippen molar-refractivity contribution in [2.45, 2.75) is 70.3 Å². The van der Waals surface area contributed by atoms with E-state index in [2.05, 4.69) is 47.5 Å². The molecule has 312 valence electrons. The smallest absolute Gasteiger partial charge is 0.274 e. The van der Waals surface area contributed by atoms with Crippen LogP contribution in [0, 0.1) is 17.8 Å². The first-order valence-electron chi connectivity index (χ1n) is 21.0.